The van der Waals surface area contributed by atoms with Gasteiger partial charge in [-0.1, -0.05) is 30.3 Å². The van der Waals surface area contributed by atoms with Gasteiger partial charge in [-0.25, -0.2) is 17.9 Å². The Hall–Kier alpha value is -2.66. The molecule has 32 heavy (non-hydrogen) atoms. The number of sulfonamides is 1. The second-order valence-electron chi connectivity index (χ2n) is 7.46. The van der Waals surface area contributed by atoms with Gasteiger partial charge in [0.25, 0.3) is 0 Å². The van der Waals surface area contributed by atoms with Gasteiger partial charge in [-0.05, 0) is 43.5 Å². The number of anilines is 1. The van der Waals surface area contributed by atoms with Gasteiger partial charge in [-0.3, -0.25) is 0 Å². The molecule has 4 N–H and O–H groups in total. The van der Waals surface area contributed by atoms with E-state index in [1.807, 2.05) is 0 Å². The number of methoxy groups -OCH3 is 1. The SMILES string of the molecule is COc1ccccc1NC(=O)N[C@@H]1CC[C@H](CCNS(=O)(=O)c2ccccc2)O[C@@H]1CO. The number of rotatable bonds is 9. The molecule has 9 nitrogen and oxygen atoms in total. The second-order valence-corrected chi connectivity index (χ2v) is 9.23. The summed E-state index contributed by atoms with van der Waals surface area (Å²) in [6.45, 7) is -0.0434. The molecule has 0 aliphatic carbocycles. The molecule has 10 heteroatoms. The summed E-state index contributed by atoms with van der Waals surface area (Å²) >= 11 is 0. The van der Waals surface area contributed by atoms with Crippen molar-refractivity contribution >= 4 is 21.7 Å². The third kappa shape index (κ3) is 6.42. The number of benzene rings is 2. The molecule has 1 saturated heterocycles. The van der Waals surface area contributed by atoms with E-state index in [1.54, 1.807) is 42.5 Å². The van der Waals surface area contributed by atoms with E-state index in [4.69, 9.17) is 9.47 Å². The van der Waals surface area contributed by atoms with E-state index in [1.165, 1.54) is 19.2 Å². The molecule has 0 aromatic heterocycles. The van der Waals surface area contributed by atoms with E-state index in [9.17, 15) is 18.3 Å². The fourth-order valence-corrected chi connectivity index (χ4v) is 4.69. The van der Waals surface area contributed by atoms with Crippen molar-refractivity contribution in [2.24, 2.45) is 0 Å². The van der Waals surface area contributed by atoms with Crippen molar-refractivity contribution in [1.29, 1.82) is 0 Å². The van der Waals surface area contributed by atoms with Crippen molar-refractivity contribution < 1.29 is 27.8 Å². The number of para-hydroxylation sites is 2. The zero-order valence-corrected chi connectivity index (χ0v) is 18.7. The normalized spacial score (nSPS) is 21.0. The van der Waals surface area contributed by atoms with Crippen molar-refractivity contribution in [1.82, 2.24) is 10.0 Å². The van der Waals surface area contributed by atoms with E-state index in [0.717, 1.165) is 0 Å². The zero-order valence-electron chi connectivity index (χ0n) is 17.9. The van der Waals surface area contributed by atoms with Crippen LogP contribution in [0.2, 0.25) is 0 Å². The molecule has 1 aliphatic rings. The third-order valence-electron chi connectivity index (χ3n) is 5.28. The number of hydrogen-bond acceptors (Lipinski definition) is 6. The molecule has 0 saturated carbocycles. The van der Waals surface area contributed by atoms with E-state index in [-0.39, 0.29) is 30.2 Å². The lowest BCUT2D eigenvalue weighted by molar-refractivity contribution is -0.0884. The quantitative estimate of drug-likeness (QED) is 0.451. The van der Waals surface area contributed by atoms with E-state index in [0.29, 0.717) is 30.7 Å². The first-order chi connectivity index (χ1) is 15.4. The highest BCUT2D eigenvalue weighted by atomic mass is 32.2. The summed E-state index contributed by atoms with van der Waals surface area (Å²) in [6.07, 6.45) is 0.885. The zero-order chi connectivity index (χ0) is 23.0. The van der Waals surface area contributed by atoms with Crippen molar-refractivity contribution in [2.45, 2.75) is 42.4 Å². The molecule has 1 heterocycles. The monoisotopic (exact) mass is 463 g/mol. The maximum Gasteiger partial charge on any atom is 0.319 e. The molecule has 1 fully saturated rings. The van der Waals surface area contributed by atoms with Crippen LogP contribution in [0.3, 0.4) is 0 Å². The van der Waals surface area contributed by atoms with Gasteiger partial charge in [0.15, 0.2) is 0 Å². The Morgan fingerprint density at radius 1 is 1.12 bits per heavy atom. The molecule has 0 spiro atoms. The standard InChI is InChI=1S/C22H29N3O6S/c1-30-20-10-6-5-9-18(20)24-22(27)25-19-12-11-16(31-21(19)15-26)13-14-23-32(28,29)17-7-3-2-4-8-17/h2-10,16,19,21,23,26H,11-15H2,1H3,(H2,24,25,27)/t16-,19-,21-/m1/s1. The van der Waals surface area contributed by atoms with Crippen molar-refractivity contribution in [2.75, 3.05) is 25.6 Å². The molecule has 3 rings (SSSR count). The number of ether oxygens (including phenoxy) is 2. The molecule has 2 aromatic carbocycles. The van der Waals surface area contributed by atoms with Crippen LogP contribution >= 0.6 is 0 Å². The average Bonchev–Trinajstić information content (AvgIpc) is 2.80. The van der Waals surface area contributed by atoms with Crippen LogP contribution in [0, 0.1) is 0 Å². The molecule has 3 atom stereocenters. The van der Waals surface area contributed by atoms with Crippen LogP contribution in [-0.2, 0) is 14.8 Å². The molecule has 174 valence electrons. The number of carbonyl (C=O) groups is 1. The second kappa shape index (κ2) is 11.3. The minimum absolute atomic E-state index is 0.211. The minimum Gasteiger partial charge on any atom is -0.495 e. The third-order valence-corrected chi connectivity index (χ3v) is 6.76. The minimum atomic E-state index is -3.57. The first-order valence-electron chi connectivity index (χ1n) is 10.4. The molecule has 1 aliphatic heterocycles. The summed E-state index contributed by atoms with van der Waals surface area (Å²) in [4.78, 5) is 12.6. The molecule has 0 bridgehead atoms. The Balaban J connectivity index is 1.47. The first kappa shape index (κ1) is 24.0. The van der Waals surface area contributed by atoms with E-state index in [2.05, 4.69) is 15.4 Å². The highest BCUT2D eigenvalue weighted by Gasteiger charge is 2.32. The fourth-order valence-electron chi connectivity index (χ4n) is 3.62. The topological polar surface area (TPSA) is 126 Å². The summed E-state index contributed by atoms with van der Waals surface area (Å²) in [5.41, 5.74) is 0.536. The number of carbonyl (C=O) groups excluding carboxylic acids is 1. The molecular weight excluding hydrogens is 434 g/mol. The predicted molar refractivity (Wildman–Crippen MR) is 120 cm³/mol. The van der Waals surface area contributed by atoms with Crippen LogP contribution in [-0.4, -0.2) is 58.1 Å². The smallest absolute Gasteiger partial charge is 0.319 e. The molecule has 2 amide bonds. The lowest BCUT2D eigenvalue weighted by Gasteiger charge is -2.36. The predicted octanol–water partition coefficient (Wildman–Crippen LogP) is 2.09. The Labute approximate surface area is 188 Å². The highest BCUT2D eigenvalue weighted by molar-refractivity contribution is 7.89. The number of aliphatic hydroxyl groups excluding tert-OH is 1. The van der Waals surface area contributed by atoms with E-state index >= 15 is 0 Å². The van der Waals surface area contributed by atoms with Crippen molar-refractivity contribution in [3.63, 3.8) is 0 Å². The first-order valence-corrected chi connectivity index (χ1v) is 11.9. The van der Waals surface area contributed by atoms with Gasteiger partial charge in [0.1, 0.15) is 11.9 Å². The van der Waals surface area contributed by atoms with E-state index < -0.39 is 22.2 Å². The van der Waals surface area contributed by atoms with Crippen molar-refractivity contribution in [3.05, 3.63) is 54.6 Å². The van der Waals surface area contributed by atoms with Crippen LogP contribution in [0.4, 0.5) is 10.5 Å². The van der Waals surface area contributed by atoms with Gasteiger partial charge in [0.05, 0.1) is 36.4 Å². The van der Waals surface area contributed by atoms with Gasteiger partial charge in [0, 0.05) is 6.54 Å². The summed E-state index contributed by atoms with van der Waals surface area (Å²) in [5.74, 6) is 0.541. The fraction of sp³-hybridized carbons (Fsp3) is 0.409. The summed E-state index contributed by atoms with van der Waals surface area (Å²) < 4.78 is 38.3. The number of nitrogens with one attached hydrogen (secondary N) is 3. The Bertz CT molecular complexity index is 986. The largest absolute Gasteiger partial charge is 0.495 e. The van der Waals surface area contributed by atoms with Crippen LogP contribution in [0.1, 0.15) is 19.3 Å². The van der Waals surface area contributed by atoms with Gasteiger partial charge in [-0.2, -0.15) is 0 Å². The molecule has 0 unspecified atom stereocenters. The number of urea groups is 1. The highest BCUT2D eigenvalue weighted by Crippen LogP contribution is 2.24. The van der Waals surface area contributed by atoms with Crippen LogP contribution in [0.5, 0.6) is 5.75 Å². The van der Waals surface area contributed by atoms with Gasteiger partial charge < -0.3 is 25.2 Å². The lowest BCUT2D eigenvalue weighted by Crippen LogP contribution is -2.52. The summed E-state index contributed by atoms with van der Waals surface area (Å²) in [6, 6.07) is 14.4. The molecule has 0 radical (unpaired) electrons. The number of hydrogen-bond donors (Lipinski definition) is 4. The molecule has 2 aromatic rings. The number of aliphatic hydroxyl groups is 1. The Morgan fingerprint density at radius 3 is 2.56 bits per heavy atom. The van der Waals surface area contributed by atoms with Crippen LogP contribution in [0.15, 0.2) is 59.5 Å². The Kier molecular flexibility index (Phi) is 8.46. The molecular formula is C22H29N3O6S. The Morgan fingerprint density at radius 2 is 1.84 bits per heavy atom. The van der Waals surface area contributed by atoms with Gasteiger partial charge >= 0.3 is 6.03 Å². The van der Waals surface area contributed by atoms with Gasteiger partial charge in [0.2, 0.25) is 10.0 Å². The maximum atomic E-state index is 12.4. The summed E-state index contributed by atoms with van der Waals surface area (Å²) in [5, 5.41) is 15.3. The van der Waals surface area contributed by atoms with Crippen LogP contribution < -0.4 is 20.1 Å². The summed E-state index contributed by atoms with van der Waals surface area (Å²) in [7, 11) is -2.05. The average molecular weight is 464 g/mol. The number of amides is 2. The van der Waals surface area contributed by atoms with Crippen molar-refractivity contribution in [3.8, 4) is 5.75 Å². The van der Waals surface area contributed by atoms with Crippen LogP contribution in [0.25, 0.3) is 0 Å². The lowest BCUT2D eigenvalue weighted by atomic mass is 9.97. The maximum absolute atomic E-state index is 12.4. The van der Waals surface area contributed by atoms with Gasteiger partial charge in [-0.15, -0.1) is 0 Å².